The zero-order valence-electron chi connectivity index (χ0n) is 15.4. The fourth-order valence-corrected chi connectivity index (χ4v) is 3.25. The number of sulfonamides is 1. The molecule has 0 aromatic heterocycles. The van der Waals surface area contributed by atoms with Crippen LogP contribution in [0.1, 0.15) is 37.6 Å². The summed E-state index contributed by atoms with van der Waals surface area (Å²) in [6.45, 7) is 5.30. The summed E-state index contributed by atoms with van der Waals surface area (Å²) in [6.07, 6.45) is 0.770. The molecule has 1 aromatic carbocycles. The van der Waals surface area contributed by atoms with Gasteiger partial charge in [-0.1, -0.05) is 6.92 Å². The minimum atomic E-state index is -3.71. The molecule has 0 radical (unpaired) electrons. The molecule has 26 heavy (non-hydrogen) atoms. The third kappa shape index (κ3) is 7.11. The van der Waals surface area contributed by atoms with Crippen LogP contribution < -0.4 is 10.0 Å². The number of nitrogens with one attached hydrogen (secondary N) is 2. The van der Waals surface area contributed by atoms with Crippen molar-refractivity contribution in [3.8, 4) is 0 Å². The van der Waals surface area contributed by atoms with Crippen LogP contribution in [-0.4, -0.2) is 52.7 Å². The van der Waals surface area contributed by atoms with Crippen molar-refractivity contribution < 1.29 is 27.5 Å². The summed E-state index contributed by atoms with van der Waals surface area (Å²) in [7, 11) is -2.23. The summed E-state index contributed by atoms with van der Waals surface area (Å²) in [5.74, 6) is -1.09. The maximum absolute atomic E-state index is 12.2. The third-order valence-corrected chi connectivity index (χ3v) is 5.13. The SMILES string of the molecule is CC[C@H](C)NC(=O)COC(=O)c1ccc(S(=O)(=O)N[C@H](C)COC)cc1. The highest BCUT2D eigenvalue weighted by molar-refractivity contribution is 7.89. The fraction of sp³-hybridized carbons (Fsp3) is 0.529. The number of amides is 1. The zero-order chi connectivity index (χ0) is 19.7. The molecule has 0 aliphatic heterocycles. The molecule has 0 aliphatic carbocycles. The molecular formula is C17H26N2O6S. The lowest BCUT2D eigenvalue weighted by Crippen LogP contribution is -2.35. The molecule has 0 fully saturated rings. The third-order valence-electron chi connectivity index (χ3n) is 3.53. The van der Waals surface area contributed by atoms with Crippen molar-refractivity contribution in [2.24, 2.45) is 0 Å². The van der Waals surface area contributed by atoms with Crippen molar-refractivity contribution in [2.75, 3.05) is 20.3 Å². The highest BCUT2D eigenvalue weighted by Crippen LogP contribution is 2.12. The average Bonchev–Trinajstić information content (AvgIpc) is 2.59. The van der Waals surface area contributed by atoms with E-state index >= 15 is 0 Å². The molecule has 1 amide bonds. The number of carbonyl (C=O) groups is 2. The van der Waals surface area contributed by atoms with Crippen molar-refractivity contribution in [3.63, 3.8) is 0 Å². The van der Waals surface area contributed by atoms with Crippen LogP contribution >= 0.6 is 0 Å². The van der Waals surface area contributed by atoms with Crippen molar-refractivity contribution >= 4 is 21.9 Å². The van der Waals surface area contributed by atoms with E-state index in [2.05, 4.69) is 10.0 Å². The Bertz CT molecular complexity index is 702. The monoisotopic (exact) mass is 386 g/mol. The van der Waals surface area contributed by atoms with E-state index in [1.807, 2.05) is 13.8 Å². The van der Waals surface area contributed by atoms with Crippen LogP contribution in [0.4, 0.5) is 0 Å². The maximum atomic E-state index is 12.2. The zero-order valence-corrected chi connectivity index (χ0v) is 16.3. The fourth-order valence-electron chi connectivity index (χ4n) is 2.02. The van der Waals surface area contributed by atoms with Gasteiger partial charge in [-0.3, -0.25) is 4.79 Å². The first kappa shape index (κ1) is 22.1. The normalized spacial score (nSPS) is 13.7. The van der Waals surface area contributed by atoms with Gasteiger partial charge in [-0.05, 0) is 44.5 Å². The van der Waals surface area contributed by atoms with Crippen molar-refractivity contribution in [1.82, 2.24) is 10.0 Å². The van der Waals surface area contributed by atoms with Crippen LogP contribution in [0, 0.1) is 0 Å². The predicted octanol–water partition coefficient (Wildman–Crippen LogP) is 1.07. The van der Waals surface area contributed by atoms with Gasteiger partial charge in [-0.15, -0.1) is 0 Å². The van der Waals surface area contributed by atoms with Gasteiger partial charge in [-0.25, -0.2) is 17.9 Å². The van der Waals surface area contributed by atoms with Gasteiger partial charge in [0.25, 0.3) is 5.91 Å². The van der Waals surface area contributed by atoms with Crippen LogP contribution in [0.2, 0.25) is 0 Å². The van der Waals surface area contributed by atoms with Gasteiger partial charge < -0.3 is 14.8 Å². The number of benzene rings is 1. The number of hydrogen-bond donors (Lipinski definition) is 2. The van der Waals surface area contributed by atoms with Crippen LogP contribution in [0.5, 0.6) is 0 Å². The first-order valence-corrected chi connectivity index (χ1v) is 9.75. The van der Waals surface area contributed by atoms with Crippen molar-refractivity contribution in [3.05, 3.63) is 29.8 Å². The molecule has 2 N–H and O–H groups in total. The Morgan fingerprint density at radius 1 is 1.12 bits per heavy atom. The Kier molecular flexibility index (Phi) is 8.70. The quantitative estimate of drug-likeness (QED) is 0.582. The van der Waals surface area contributed by atoms with Crippen LogP contribution in [-0.2, 0) is 24.3 Å². The second-order valence-electron chi connectivity index (χ2n) is 5.95. The molecule has 0 spiro atoms. The Hall–Kier alpha value is -1.97. The van der Waals surface area contributed by atoms with Crippen LogP contribution in [0.25, 0.3) is 0 Å². The summed E-state index contributed by atoms with van der Waals surface area (Å²) < 4.78 is 36.7. The van der Waals surface area contributed by atoms with E-state index in [0.717, 1.165) is 6.42 Å². The van der Waals surface area contributed by atoms with Crippen LogP contribution in [0.15, 0.2) is 29.2 Å². The lowest BCUT2D eigenvalue weighted by Gasteiger charge is -2.13. The van der Waals surface area contributed by atoms with E-state index in [1.165, 1.54) is 31.4 Å². The molecule has 0 unspecified atom stereocenters. The molecule has 0 saturated carbocycles. The molecule has 1 aromatic rings. The molecule has 0 bridgehead atoms. The predicted molar refractivity (Wildman–Crippen MR) is 96.3 cm³/mol. The number of hydrogen-bond acceptors (Lipinski definition) is 6. The molecular weight excluding hydrogens is 360 g/mol. The number of ether oxygens (including phenoxy) is 2. The van der Waals surface area contributed by atoms with Crippen molar-refractivity contribution in [2.45, 2.75) is 44.2 Å². The lowest BCUT2D eigenvalue weighted by molar-refractivity contribution is -0.124. The highest BCUT2D eigenvalue weighted by Gasteiger charge is 2.18. The van der Waals surface area contributed by atoms with Crippen molar-refractivity contribution in [1.29, 1.82) is 0 Å². The number of rotatable bonds is 10. The summed E-state index contributed by atoms with van der Waals surface area (Å²) in [4.78, 5) is 23.6. The topological polar surface area (TPSA) is 111 Å². The van der Waals surface area contributed by atoms with E-state index < -0.39 is 22.0 Å². The van der Waals surface area contributed by atoms with Gasteiger partial charge in [0.15, 0.2) is 6.61 Å². The average molecular weight is 386 g/mol. The molecule has 0 aliphatic rings. The Morgan fingerprint density at radius 3 is 2.27 bits per heavy atom. The second-order valence-corrected chi connectivity index (χ2v) is 7.67. The summed E-state index contributed by atoms with van der Waals surface area (Å²) in [5, 5.41) is 2.68. The van der Waals surface area contributed by atoms with Gasteiger partial charge >= 0.3 is 5.97 Å². The van der Waals surface area contributed by atoms with Crippen LogP contribution in [0.3, 0.4) is 0 Å². The first-order valence-electron chi connectivity index (χ1n) is 8.27. The van der Waals surface area contributed by atoms with Gasteiger partial charge in [0.2, 0.25) is 10.0 Å². The molecule has 0 heterocycles. The first-order chi connectivity index (χ1) is 12.2. The molecule has 9 heteroatoms. The van der Waals surface area contributed by atoms with Gasteiger partial charge in [0, 0.05) is 19.2 Å². The molecule has 146 valence electrons. The Balaban J connectivity index is 2.66. The number of carbonyl (C=O) groups excluding carboxylic acids is 2. The highest BCUT2D eigenvalue weighted by atomic mass is 32.2. The number of esters is 1. The summed E-state index contributed by atoms with van der Waals surface area (Å²) in [5.41, 5.74) is 0.158. The van der Waals surface area contributed by atoms with E-state index in [-0.39, 0.29) is 35.6 Å². The minimum Gasteiger partial charge on any atom is -0.452 e. The second kappa shape index (κ2) is 10.2. The largest absolute Gasteiger partial charge is 0.452 e. The minimum absolute atomic E-state index is 0.00121. The van der Waals surface area contributed by atoms with Gasteiger partial charge in [-0.2, -0.15) is 0 Å². The molecule has 1 rings (SSSR count). The van der Waals surface area contributed by atoms with E-state index in [4.69, 9.17) is 9.47 Å². The van der Waals surface area contributed by atoms with E-state index in [0.29, 0.717) is 0 Å². The summed E-state index contributed by atoms with van der Waals surface area (Å²) >= 11 is 0. The van der Waals surface area contributed by atoms with E-state index in [9.17, 15) is 18.0 Å². The standard InChI is InChI=1S/C17H26N2O6S/c1-5-12(2)18-16(20)11-25-17(21)14-6-8-15(9-7-14)26(22,23)19-13(3)10-24-4/h6-9,12-13,19H,5,10-11H2,1-4H3,(H,18,20)/t12-,13+/m0/s1. The van der Waals surface area contributed by atoms with E-state index in [1.54, 1.807) is 6.92 Å². The molecule has 2 atom stereocenters. The van der Waals surface area contributed by atoms with Gasteiger partial charge in [0.1, 0.15) is 0 Å². The molecule has 8 nitrogen and oxygen atoms in total. The summed E-state index contributed by atoms with van der Waals surface area (Å²) in [6, 6.07) is 4.89. The number of methoxy groups -OCH3 is 1. The Morgan fingerprint density at radius 2 is 1.73 bits per heavy atom. The van der Waals surface area contributed by atoms with Gasteiger partial charge in [0.05, 0.1) is 17.1 Å². The maximum Gasteiger partial charge on any atom is 0.338 e. The molecule has 0 saturated heterocycles. The smallest absolute Gasteiger partial charge is 0.338 e. The lowest BCUT2D eigenvalue weighted by atomic mass is 10.2. The Labute approximate surface area is 154 Å².